The van der Waals surface area contributed by atoms with E-state index in [0.29, 0.717) is 45.9 Å². The van der Waals surface area contributed by atoms with E-state index in [9.17, 15) is 4.79 Å². The van der Waals surface area contributed by atoms with Crippen molar-refractivity contribution in [3.63, 3.8) is 0 Å². The van der Waals surface area contributed by atoms with Gasteiger partial charge in [-0.25, -0.2) is 9.97 Å². The van der Waals surface area contributed by atoms with Crippen LogP contribution in [0.1, 0.15) is 45.2 Å². The molecule has 0 saturated carbocycles. The van der Waals surface area contributed by atoms with Crippen molar-refractivity contribution in [1.82, 2.24) is 25.2 Å². The number of carbonyl (C=O) groups excluding carboxylic acids is 1. The Bertz CT molecular complexity index is 1620. The molecular weight excluding hydrogens is 558 g/mol. The smallest absolute Gasteiger partial charge is 0.230 e. The second kappa shape index (κ2) is 14.0. The Morgan fingerprint density at radius 3 is 2.59 bits per heavy atom. The molecule has 1 spiro atoms. The number of aryl methyl sites for hydroxylation is 1. The van der Waals surface area contributed by atoms with Gasteiger partial charge in [0.15, 0.2) is 11.5 Å². The van der Waals surface area contributed by atoms with Crippen molar-refractivity contribution in [2.24, 2.45) is 5.41 Å². The van der Waals surface area contributed by atoms with Crippen molar-refractivity contribution in [2.75, 3.05) is 47.1 Å². The van der Waals surface area contributed by atoms with E-state index in [1.54, 1.807) is 13.2 Å². The number of ether oxygens (including phenoxy) is 4. The molecule has 10 nitrogen and oxygen atoms in total. The van der Waals surface area contributed by atoms with E-state index >= 15 is 0 Å². The first-order valence-electron chi connectivity index (χ1n) is 15.3. The van der Waals surface area contributed by atoms with Crippen LogP contribution in [0.3, 0.4) is 0 Å². The number of hydrogen-bond acceptors (Lipinski definition) is 8. The molecule has 10 heteroatoms. The van der Waals surface area contributed by atoms with E-state index in [-0.39, 0.29) is 12.5 Å². The number of fused-ring (bicyclic) bond motifs is 2. The molecule has 6 rings (SSSR count). The van der Waals surface area contributed by atoms with Crippen molar-refractivity contribution in [1.29, 1.82) is 0 Å². The number of rotatable bonds is 9. The Kier molecular flexibility index (Phi) is 9.89. The van der Waals surface area contributed by atoms with Crippen molar-refractivity contribution in [3.8, 4) is 23.1 Å². The molecule has 0 atom stereocenters. The number of likely N-dealkylation sites (tertiary alicyclic amines) is 1. The Balaban J connectivity index is 0.000000493. The van der Waals surface area contributed by atoms with E-state index in [0.717, 1.165) is 62.2 Å². The number of benzene rings is 2. The lowest BCUT2D eigenvalue weighted by Gasteiger charge is -2.47. The lowest BCUT2D eigenvalue weighted by Crippen LogP contribution is -2.52. The van der Waals surface area contributed by atoms with Crippen LogP contribution >= 0.6 is 0 Å². The summed E-state index contributed by atoms with van der Waals surface area (Å²) in [5.74, 6) is 2.28. The van der Waals surface area contributed by atoms with Gasteiger partial charge in [0, 0.05) is 53.9 Å². The SMILES string of the molecule is CC/C=C(/C)NC.COc1cc2c(Oc3ccc4[nH]c(C)cc4c3)ncnc2cc1OCCC(=O)N1CCC2(CC1)COC2. The fourth-order valence-corrected chi connectivity index (χ4v) is 5.55. The van der Waals surface area contributed by atoms with Gasteiger partial charge in [0.25, 0.3) is 0 Å². The minimum Gasteiger partial charge on any atom is -0.493 e. The topological polar surface area (TPSA) is 111 Å². The maximum Gasteiger partial charge on any atom is 0.230 e. The molecule has 4 aromatic rings. The van der Waals surface area contributed by atoms with Crippen molar-refractivity contribution < 1.29 is 23.7 Å². The number of carbonyl (C=O) groups is 1. The molecule has 234 valence electrons. The highest BCUT2D eigenvalue weighted by atomic mass is 16.5. The molecule has 2 saturated heterocycles. The van der Waals surface area contributed by atoms with Crippen LogP contribution in [0.25, 0.3) is 21.8 Å². The van der Waals surface area contributed by atoms with E-state index in [2.05, 4.69) is 46.3 Å². The van der Waals surface area contributed by atoms with Crippen LogP contribution in [0.4, 0.5) is 0 Å². The predicted octanol–water partition coefficient (Wildman–Crippen LogP) is 6.15. The second-order valence-electron chi connectivity index (χ2n) is 11.5. The summed E-state index contributed by atoms with van der Waals surface area (Å²) in [5, 5.41) is 4.80. The highest BCUT2D eigenvalue weighted by Gasteiger charge is 2.41. The minimum atomic E-state index is 0.113. The molecule has 2 aliphatic rings. The van der Waals surface area contributed by atoms with E-state index in [4.69, 9.17) is 18.9 Å². The van der Waals surface area contributed by atoms with Crippen LogP contribution in [-0.4, -0.2) is 72.8 Å². The molecule has 2 aromatic carbocycles. The Hall–Kier alpha value is -4.31. The van der Waals surface area contributed by atoms with Gasteiger partial charge in [0.1, 0.15) is 12.1 Å². The van der Waals surface area contributed by atoms with Crippen molar-refractivity contribution >= 4 is 27.7 Å². The number of aromatic amines is 1. The standard InChI is InChI=1S/C28H30N4O5.C6H13N/c1-18-11-19-12-20(3-4-22(19)31-18)37-27-21-13-24(34-2)25(14-23(21)29-17-30-27)36-10-5-26(33)32-8-6-28(7-9-32)15-35-16-28;1-4-5-6(2)7-3/h3-4,11-14,17,31H,5-10,15-16H2,1-2H3;5,7H,4H2,1-3H3/b;6-5-. The van der Waals surface area contributed by atoms with Crippen LogP contribution in [0, 0.1) is 12.3 Å². The molecule has 0 bridgehead atoms. The van der Waals surface area contributed by atoms with Gasteiger partial charge in [0.05, 0.1) is 44.3 Å². The van der Waals surface area contributed by atoms with Crippen LogP contribution in [0.2, 0.25) is 0 Å². The third kappa shape index (κ3) is 7.24. The van der Waals surface area contributed by atoms with E-state index in [1.807, 2.05) is 43.1 Å². The molecule has 1 amide bonds. The van der Waals surface area contributed by atoms with Gasteiger partial charge >= 0.3 is 0 Å². The number of amides is 1. The average molecular weight is 602 g/mol. The highest BCUT2D eigenvalue weighted by molar-refractivity contribution is 5.87. The lowest BCUT2D eigenvalue weighted by molar-refractivity contribution is -0.153. The first kappa shape index (κ1) is 31.1. The summed E-state index contributed by atoms with van der Waals surface area (Å²) in [4.78, 5) is 26.7. The molecule has 2 N–H and O–H groups in total. The van der Waals surface area contributed by atoms with Crippen molar-refractivity contribution in [2.45, 2.75) is 46.5 Å². The van der Waals surface area contributed by atoms with E-state index < -0.39 is 0 Å². The fraction of sp³-hybridized carbons (Fsp3) is 0.441. The van der Waals surface area contributed by atoms with Gasteiger partial charge in [-0.15, -0.1) is 0 Å². The third-order valence-electron chi connectivity index (χ3n) is 8.30. The zero-order valence-corrected chi connectivity index (χ0v) is 26.4. The Labute approximate surface area is 258 Å². The number of methoxy groups -OCH3 is 1. The third-order valence-corrected chi connectivity index (χ3v) is 8.30. The summed E-state index contributed by atoms with van der Waals surface area (Å²) in [6.45, 7) is 9.71. The maximum absolute atomic E-state index is 12.7. The van der Waals surface area contributed by atoms with Crippen LogP contribution in [0.5, 0.6) is 23.1 Å². The van der Waals surface area contributed by atoms with Gasteiger partial charge < -0.3 is 34.1 Å². The van der Waals surface area contributed by atoms with Crippen molar-refractivity contribution in [3.05, 3.63) is 60.2 Å². The maximum atomic E-state index is 12.7. The van der Waals surface area contributed by atoms with Gasteiger partial charge in [-0.3, -0.25) is 4.79 Å². The number of hydrogen-bond donors (Lipinski definition) is 2. The first-order valence-corrected chi connectivity index (χ1v) is 15.3. The summed E-state index contributed by atoms with van der Waals surface area (Å²) in [5.41, 5.74) is 4.37. The molecule has 4 heterocycles. The highest BCUT2D eigenvalue weighted by Crippen LogP contribution is 2.39. The summed E-state index contributed by atoms with van der Waals surface area (Å²) < 4.78 is 23.1. The Morgan fingerprint density at radius 1 is 1.14 bits per heavy atom. The van der Waals surface area contributed by atoms with Crippen LogP contribution < -0.4 is 19.5 Å². The van der Waals surface area contributed by atoms with Gasteiger partial charge in [-0.1, -0.05) is 13.0 Å². The molecule has 0 unspecified atom stereocenters. The Morgan fingerprint density at radius 2 is 1.93 bits per heavy atom. The molecule has 2 aromatic heterocycles. The monoisotopic (exact) mass is 601 g/mol. The summed E-state index contributed by atoms with van der Waals surface area (Å²) in [7, 11) is 3.51. The lowest BCUT2D eigenvalue weighted by atomic mass is 9.77. The second-order valence-corrected chi connectivity index (χ2v) is 11.5. The quantitative estimate of drug-likeness (QED) is 0.235. The predicted molar refractivity (Wildman–Crippen MR) is 171 cm³/mol. The average Bonchev–Trinajstić information content (AvgIpc) is 3.39. The number of allylic oxidation sites excluding steroid dienone is 2. The summed E-state index contributed by atoms with van der Waals surface area (Å²) >= 11 is 0. The summed E-state index contributed by atoms with van der Waals surface area (Å²) in [6, 6.07) is 11.5. The van der Waals surface area contributed by atoms with Gasteiger partial charge in [0.2, 0.25) is 11.8 Å². The minimum absolute atomic E-state index is 0.113. The van der Waals surface area contributed by atoms with Gasteiger partial charge in [-0.2, -0.15) is 0 Å². The summed E-state index contributed by atoms with van der Waals surface area (Å²) in [6.07, 6.45) is 7.07. The molecule has 0 radical (unpaired) electrons. The largest absolute Gasteiger partial charge is 0.493 e. The number of piperidine rings is 1. The van der Waals surface area contributed by atoms with E-state index in [1.165, 1.54) is 12.0 Å². The molecule has 0 aliphatic carbocycles. The van der Waals surface area contributed by atoms with Crippen LogP contribution in [0.15, 0.2) is 54.5 Å². The number of nitrogens with one attached hydrogen (secondary N) is 2. The number of aromatic nitrogens is 3. The zero-order valence-electron chi connectivity index (χ0n) is 26.4. The molecule has 2 fully saturated rings. The van der Waals surface area contributed by atoms with Crippen LogP contribution in [-0.2, 0) is 9.53 Å². The molecular formula is C34H43N5O5. The molecule has 2 aliphatic heterocycles. The normalized spacial score (nSPS) is 15.8. The van der Waals surface area contributed by atoms with Gasteiger partial charge in [-0.05, 0) is 63.4 Å². The molecule has 44 heavy (non-hydrogen) atoms. The zero-order chi connectivity index (χ0) is 31.1. The number of nitrogens with zero attached hydrogens (tertiary/aromatic N) is 3. The fourth-order valence-electron chi connectivity index (χ4n) is 5.55. The first-order chi connectivity index (χ1) is 21.3. The number of H-pyrrole nitrogens is 1.